The SMILES string of the molecule is CCCCCCOC(=O)C(C)C(C)(C)C. The number of unbranched alkanes of at least 4 members (excludes halogenated alkanes) is 3. The van der Waals surface area contributed by atoms with Crippen LogP contribution in [0.2, 0.25) is 0 Å². The van der Waals surface area contributed by atoms with E-state index in [-0.39, 0.29) is 17.3 Å². The van der Waals surface area contributed by atoms with Crippen LogP contribution in [0.5, 0.6) is 0 Å². The van der Waals surface area contributed by atoms with E-state index in [2.05, 4.69) is 27.7 Å². The summed E-state index contributed by atoms with van der Waals surface area (Å²) in [6.45, 7) is 10.9. The molecule has 0 fully saturated rings. The second kappa shape index (κ2) is 6.86. The average molecular weight is 214 g/mol. The van der Waals surface area contributed by atoms with Gasteiger partial charge in [-0.25, -0.2) is 0 Å². The van der Waals surface area contributed by atoms with E-state index in [1.807, 2.05) is 6.92 Å². The molecule has 0 aliphatic rings. The van der Waals surface area contributed by atoms with Crippen molar-refractivity contribution in [3.8, 4) is 0 Å². The van der Waals surface area contributed by atoms with Crippen molar-refractivity contribution in [2.24, 2.45) is 11.3 Å². The Bertz CT molecular complexity index is 179. The van der Waals surface area contributed by atoms with Crippen molar-refractivity contribution in [2.45, 2.75) is 60.3 Å². The molecule has 0 saturated carbocycles. The number of carbonyl (C=O) groups excluding carboxylic acids is 1. The molecule has 0 spiro atoms. The molecule has 0 saturated heterocycles. The molecule has 0 bridgehead atoms. The minimum Gasteiger partial charge on any atom is -0.465 e. The van der Waals surface area contributed by atoms with Crippen LogP contribution in [-0.2, 0) is 9.53 Å². The fraction of sp³-hybridized carbons (Fsp3) is 0.923. The lowest BCUT2D eigenvalue weighted by molar-refractivity contribution is -0.151. The van der Waals surface area contributed by atoms with Gasteiger partial charge >= 0.3 is 5.97 Å². The molecule has 2 nitrogen and oxygen atoms in total. The van der Waals surface area contributed by atoms with Gasteiger partial charge in [0.1, 0.15) is 0 Å². The molecule has 0 rings (SSSR count). The smallest absolute Gasteiger partial charge is 0.309 e. The zero-order valence-electron chi connectivity index (χ0n) is 10.9. The van der Waals surface area contributed by atoms with Gasteiger partial charge in [-0.3, -0.25) is 4.79 Å². The molecule has 1 unspecified atom stereocenters. The fourth-order valence-electron chi connectivity index (χ4n) is 1.18. The summed E-state index contributed by atoms with van der Waals surface area (Å²) in [5, 5.41) is 0. The standard InChI is InChI=1S/C13H26O2/c1-6-7-8-9-10-15-12(14)11(2)13(3,4)5/h11H,6-10H2,1-5H3. The van der Waals surface area contributed by atoms with Gasteiger partial charge in [0, 0.05) is 0 Å². The first kappa shape index (κ1) is 14.5. The molecule has 2 heteroatoms. The number of hydrogen-bond donors (Lipinski definition) is 0. The number of hydrogen-bond acceptors (Lipinski definition) is 2. The van der Waals surface area contributed by atoms with Crippen LogP contribution in [0.1, 0.15) is 60.3 Å². The Morgan fingerprint density at radius 2 is 1.80 bits per heavy atom. The van der Waals surface area contributed by atoms with Crippen molar-refractivity contribution < 1.29 is 9.53 Å². The lowest BCUT2D eigenvalue weighted by atomic mass is 9.82. The second-order valence-electron chi connectivity index (χ2n) is 5.32. The Labute approximate surface area is 94.4 Å². The molecule has 0 aliphatic carbocycles. The minimum atomic E-state index is -0.0565. The third kappa shape index (κ3) is 6.53. The van der Waals surface area contributed by atoms with Crippen molar-refractivity contribution in [2.75, 3.05) is 6.61 Å². The van der Waals surface area contributed by atoms with Crippen LogP contribution in [-0.4, -0.2) is 12.6 Å². The molecule has 0 radical (unpaired) electrons. The first-order chi connectivity index (χ1) is 6.89. The van der Waals surface area contributed by atoms with E-state index in [4.69, 9.17) is 4.74 Å². The van der Waals surface area contributed by atoms with Crippen LogP contribution in [0.3, 0.4) is 0 Å². The van der Waals surface area contributed by atoms with Crippen LogP contribution in [0, 0.1) is 11.3 Å². The van der Waals surface area contributed by atoms with Crippen LogP contribution >= 0.6 is 0 Å². The zero-order chi connectivity index (χ0) is 11.9. The molecule has 0 aromatic heterocycles. The third-order valence-corrected chi connectivity index (χ3v) is 2.89. The van der Waals surface area contributed by atoms with E-state index in [0.29, 0.717) is 6.61 Å². The van der Waals surface area contributed by atoms with Crippen molar-refractivity contribution in [1.82, 2.24) is 0 Å². The summed E-state index contributed by atoms with van der Waals surface area (Å²) in [4.78, 5) is 11.6. The summed E-state index contributed by atoms with van der Waals surface area (Å²) in [6.07, 6.45) is 4.60. The fourth-order valence-corrected chi connectivity index (χ4v) is 1.18. The van der Waals surface area contributed by atoms with Gasteiger partial charge in [-0.1, -0.05) is 53.9 Å². The summed E-state index contributed by atoms with van der Waals surface area (Å²) >= 11 is 0. The quantitative estimate of drug-likeness (QED) is 0.496. The molecular formula is C13H26O2. The molecule has 0 aromatic rings. The summed E-state index contributed by atoms with van der Waals surface area (Å²) < 4.78 is 5.24. The van der Waals surface area contributed by atoms with Gasteiger partial charge in [0.2, 0.25) is 0 Å². The number of rotatable bonds is 6. The van der Waals surface area contributed by atoms with E-state index in [0.717, 1.165) is 12.8 Å². The summed E-state index contributed by atoms with van der Waals surface area (Å²) in [5.74, 6) is -0.0809. The minimum absolute atomic E-state index is 0.000498. The van der Waals surface area contributed by atoms with E-state index in [1.54, 1.807) is 0 Å². The average Bonchev–Trinajstić information content (AvgIpc) is 2.14. The Morgan fingerprint density at radius 1 is 1.20 bits per heavy atom. The number of ether oxygens (including phenoxy) is 1. The Hall–Kier alpha value is -0.530. The molecule has 0 aliphatic heterocycles. The molecule has 15 heavy (non-hydrogen) atoms. The first-order valence-corrected chi connectivity index (χ1v) is 6.06. The number of esters is 1. The Balaban J connectivity index is 3.66. The summed E-state index contributed by atoms with van der Waals surface area (Å²) in [7, 11) is 0. The monoisotopic (exact) mass is 214 g/mol. The molecule has 0 N–H and O–H groups in total. The zero-order valence-corrected chi connectivity index (χ0v) is 10.9. The van der Waals surface area contributed by atoms with Gasteiger partial charge in [-0.15, -0.1) is 0 Å². The topological polar surface area (TPSA) is 26.3 Å². The molecule has 90 valence electrons. The van der Waals surface area contributed by atoms with Crippen LogP contribution in [0.15, 0.2) is 0 Å². The highest BCUT2D eigenvalue weighted by atomic mass is 16.5. The largest absolute Gasteiger partial charge is 0.465 e. The van der Waals surface area contributed by atoms with Gasteiger partial charge in [0.25, 0.3) is 0 Å². The van der Waals surface area contributed by atoms with Crippen molar-refractivity contribution in [3.05, 3.63) is 0 Å². The Kier molecular flexibility index (Phi) is 6.62. The van der Waals surface area contributed by atoms with E-state index in [9.17, 15) is 4.79 Å². The molecule has 0 aromatic carbocycles. The normalized spacial score (nSPS) is 13.7. The van der Waals surface area contributed by atoms with Crippen LogP contribution < -0.4 is 0 Å². The Morgan fingerprint density at radius 3 is 2.27 bits per heavy atom. The molecule has 1 atom stereocenters. The summed E-state index contributed by atoms with van der Waals surface area (Å²) in [6, 6.07) is 0. The maximum absolute atomic E-state index is 11.6. The van der Waals surface area contributed by atoms with E-state index >= 15 is 0 Å². The highest BCUT2D eigenvalue weighted by molar-refractivity contribution is 5.72. The molecular weight excluding hydrogens is 188 g/mol. The lowest BCUT2D eigenvalue weighted by Gasteiger charge is -2.25. The van der Waals surface area contributed by atoms with Gasteiger partial charge in [-0.2, -0.15) is 0 Å². The highest BCUT2D eigenvalue weighted by Gasteiger charge is 2.27. The lowest BCUT2D eigenvalue weighted by Crippen LogP contribution is -2.27. The third-order valence-electron chi connectivity index (χ3n) is 2.89. The van der Waals surface area contributed by atoms with Crippen molar-refractivity contribution in [1.29, 1.82) is 0 Å². The van der Waals surface area contributed by atoms with Crippen molar-refractivity contribution >= 4 is 5.97 Å². The van der Waals surface area contributed by atoms with E-state index in [1.165, 1.54) is 12.8 Å². The second-order valence-corrected chi connectivity index (χ2v) is 5.32. The number of carbonyl (C=O) groups is 1. The van der Waals surface area contributed by atoms with Gasteiger partial charge < -0.3 is 4.74 Å². The van der Waals surface area contributed by atoms with Crippen LogP contribution in [0.25, 0.3) is 0 Å². The molecule has 0 amide bonds. The maximum atomic E-state index is 11.6. The predicted octanol–water partition coefficient (Wildman–Crippen LogP) is 3.79. The predicted molar refractivity (Wildman–Crippen MR) is 63.7 cm³/mol. The van der Waals surface area contributed by atoms with Gasteiger partial charge in [0.15, 0.2) is 0 Å². The van der Waals surface area contributed by atoms with Gasteiger partial charge in [-0.05, 0) is 11.8 Å². The highest BCUT2D eigenvalue weighted by Crippen LogP contribution is 2.26. The molecule has 0 heterocycles. The summed E-state index contributed by atoms with van der Waals surface area (Å²) in [5.41, 5.74) is 0.000498. The van der Waals surface area contributed by atoms with Crippen LogP contribution in [0.4, 0.5) is 0 Å². The first-order valence-electron chi connectivity index (χ1n) is 6.06. The van der Waals surface area contributed by atoms with E-state index < -0.39 is 0 Å². The maximum Gasteiger partial charge on any atom is 0.309 e. The van der Waals surface area contributed by atoms with Gasteiger partial charge in [0.05, 0.1) is 12.5 Å². The van der Waals surface area contributed by atoms with Crippen molar-refractivity contribution in [3.63, 3.8) is 0 Å².